The molecule has 3 aromatic rings. The first-order valence-electron chi connectivity index (χ1n) is 15.9. The lowest BCUT2D eigenvalue weighted by Crippen LogP contribution is -2.18. The van der Waals surface area contributed by atoms with Crippen LogP contribution in [0.2, 0.25) is 0 Å². The van der Waals surface area contributed by atoms with Gasteiger partial charge in [-0.25, -0.2) is 4.79 Å². The molecule has 3 aromatic carbocycles. The Bertz CT molecular complexity index is 1140. The quantitative estimate of drug-likeness (QED) is 0.132. The molecule has 0 aliphatic rings. The van der Waals surface area contributed by atoms with Gasteiger partial charge in [0.15, 0.2) is 0 Å². The van der Waals surface area contributed by atoms with Crippen molar-refractivity contribution in [1.82, 2.24) is 0 Å². The number of ether oxygens (including phenoxy) is 2. The first-order valence-corrected chi connectivity index (χ1v) is 15.9. The number of rotatable bonds is 21. The summed E-state index contributed by atoms with van der Waals surface area (Å²) in [6, 6.07) is 23.9. The van der Waals surface area contributed by atoms with E-state index >= 15 is 0 Å². The molecule has 0 saturated carbocycles. The molecule has 4 nitrogen and oxygen atoms in total. The Balaban J connectivity index is 1.79. The minimum atomic E-state index is -0.946. The van der Waals surface area contributed by atoms with E-state index in [4.69, 9.17) is 9.47 Å². The van der Waals surface area contributed by atoms with Gasteiger partial charge in [-0.1, -0.05) is 114 Å². The largest absolute Gasteiger partial charge is 0.493 e. The van der Waals surface area contributed by atoms with E-state index in [1.54, 1.807) is 12.1 Å². The predicted octanol–water partition coefficient (Wildman–Crippen LogP) is 10.5. The SMILES string of the molecule is CCCCCCCOc1ccccc1-c1ccc(C(=O)O)cc1OC(CCCCCCC)CCCc1ccccc1. The van der Waals surface area contributed by atoms with E-state index in [9.17, 15) is 9.90 Å². The first kappa shape index (κ1) is 32.2. The third kappa shape index (κ3) is 11.6. The second-order valence-corrected chi connectivity index (χ2v) is 11.1. The average molecular weight is 559 g/mol. The summed E-state index contributed by atoms with van der Waals surface area (Å²) in [5.41, 5.74) is 3.40. The summed E-state index contributed by atoms with van der Waals surface area (Å²) in [7, 11) is 0. The molecule has 0 radical (unpaired) electrons. The highest BCUT2D eigenvalue weighted by Gasteiger charge is 2.19. The van der Waals surface area contributed by atoms with Crippen LogP contribution in [0.1, 0.15) is 113 Å². The number of hydrogen-bond acceptors (Lipinski definition) is 3. The van der Waals surface area contributed by atoms with E-state index in [1.807, 2.05) is 30.3 Å². The van der Waals surface area contributed by atoms with Crippen molar-refractivity contribution in [3.05, 3.63) is 83.9 Å². The molecular formula is C37H50O4. The maximum Gasteiger partial charge on any atom is 0.335 e. The monoisotopic (exact) mass is 558 g/mol. The van der Waals surface area contributed by atoms with Crippen molar-refractivity contribution in [2.75, 3.05) is 6.61 Å². The molecule has 1 atom stereocenters. The number of aromatic carboxylic acids is 1. The van der Waals surface area contributed by atoms with Gasteiger partial charge in [-0.3, -0.25) is 0 Å². The van der Waals surface area contributed by atoms with Gasteiger partial charge < -0.3 is 14.6 Å². The molecule has 0 aliphatic heterocycles. The van der Waals surface area contributed by atoms with Crippen molar-refractivity contribution in [2.24, 2.45) is 0 Å². The Kier molecular flexibility index (Phi) is 14.9. The zero-order valence-electron chi connectivity index (χ0n) is 25.3. The van der Waals surface area contributed by atoms with Gasteiger partial charge >= 0.3 is 5.97 Å². The number of carboxylic acid groups (broad SMARTS) is 1. The highest BCUT2D eigenvalue weighted by molar-refractivity contribution is 5.90. The second kappa shape index (κ2) is 19.0. The van der Waals surface area contributed by atoms with E-state index in [0.29, 0.717) is 12.4 Å². The van der Waals surface area contributed by atoms with Crippen LogP contribution in [0.4, 0.5) is 0 Å². The molecule has 41 heavy (non-hydrogen) atoms. The molecule has 0 heterocycles. The molecule has 4 heteroatoms. The third-order valence-electron chi connectivity index (χ3n) is 7.67. The Morgan fingerprint density at radius 3 is 2.05 bits per heavy atom. The molecule has 0 aliphatic carbocycles. The fourth-order valence-corrected chi connectivity index (χ4v) is 5.27. The van der Waals surface area contributed by atoms with Crippen molar-refractivity contribution < 1.29 is 19.4 Å². The molecule has 0 bridgehead atoms. The van der Waals surface area contributed by atoms with E-state index in [0.717, 1.165) is 55.4 Å². The first-order chi connectivity index (χ1) is 20.1. The summed E-state index contributed by atoms with van der Waals surface area (Å²) < 4.78 is 13.0. The van der Waals surface area contributed by atoms with Crippen LogP contribution in [0.25, 0.3) is 11.1 Å². The molecule has 0 fully saturated rings. The zero-order valence-corrected chi connectivity index (χ0v) is 25.3. The van der Waals surface area contributed by atoms with Gasteiger partial charge in [0, 0.05) is 11.1 Å². The topological polar surface area (TPSA) is 55.8 Å². The lowest BCUT2D eigenvalue weighted by Gasteiger charge is -2.23. The Morgan fingerprint density at radius 1 is 0.683 bits per heavy atom. The van der Waals surface area contributed by atoms with Crippen molar-refractivity contribution in [3.8, 4) is 22.6 Å². The molecule has 0 saturated heterocycles. The van der Waals surface area contributed by atoms with Gasteiger partial charge in [-0.15, -0.1) is 0 Å². The third-order valence-corrected chi connectivity index (χ3v) is 7.67. The Hall–Kier alpha value is -3.27. The van der Waals surface area contributed by atoms with Crippen LogP contribution in [0.15, 0.2) is 72.8 Å². The summed E-state index contributed by atoms with van der Waals surface area (Å²) >= 11 is 0. The molecule has 1 N–H and O–H groups in total. The minimum Gasteiger partial charge on any atom is -0.493 e. The zero-order chi connectivity index (χ0) is 29.1. The van der Waals surface area contributed by atoms with Crippen LogP contribution in [0.3, 0.4) is 0 Å². The van der Waals surface area contributed by atoms with Crippen molar-refractivity contribution in [3.63, 3.8) is 0 Å². The summed E-state index contributed by atoms with van der Waals surface area (Å²) in [6.07, 6.45) is 15.9. The van der Waals surface area contributed by atoms with Crippen LogP contribution < -0.4 is 9.47 Å². The fraction of sp³-hybridized carbons (Fsp3) is 0.486. The number of hydrogen-bond donors (Lipinski definition) is 1. The predicted molar refractivity (Wildman–Crippen MR) is 170 cm³/mol. The smallest absolute Gasteiger partial charge is 0.335 e. The molecule has 3 rings (SSSR count). The number of unbranched alkanes of at least 4 members (excludes halogenated alkanes) is 8. The minimum absolute atomic E-state index is 0.0229. The van der Waals surface area contributed by atoms with Crippen LogP contribution >= 0.6 is 0 Å². The standard InChI is InChI=1S/C37H50O4/c1-3-5-7-9-14-22-32(23-18-21-30-19-12-11-13-20-30)41-36-29-31(37(38)39)26-27-34(36)33-24-15-16-25-35(33)40-28-17-10-8-6-4-2/h11-13,15-16,19-20,24-27,29,32H,3-10,14,17-18,21-23,28H2,1-2H3,(H,38,39). The number of benzene rings is 3. The molecule has 0 amide bonds. The normalized spacial score (nSPS) is 11.8. The van der Waals surface area contributed by atoms with Gasteiger partial charge in [0.25, 0.3) is 0 Å². The maximum atomic E-state index is 11.9. The van der Waals surface area contributed by atoms with E-state index in [2.05, 4.69) is 44.2 Å². The fourth-order valence-electron chi connectivity index (χ4n) is 5.27. The maximum absolute atomic E-state index is 11.9. The summed E-state index contributed by atoms with van der Waals surface area (Å²) in [4.78, 5) is 11.9. The highest BCUT2D eigenvalue weighted by atomic mass is 16.5. The molecular weight excluding hydrogens is 508 g/mol. The van der Waals surface area contributed by atoms with E-state index in [-0.39, 0.29) is 11.7 Å². The van der Waals surface area contributed by atoms with Gasteiger partial charge in [0.05, 0.1) is 18.3 Å². The van der Waals surface area contributed by atoms with Crippen molar-refractivity contribution in [2.45, 2.75) is 110 Å². The Labute approximate surface area is 248 Å². The van der Waals surface area contributed by atoms with Crippen molar-refractivity contribution >= 4 is 5.97 Å². The number of carbonyl (C=O) groups is 1. The highest BCUT2D eigenvalue weighted by Crippen LogP contribution is 2.38. The number of aryl methyl sites for hydroxylation is 1. The molecule has 1 unspecified atom stereocenters. The molecule has 0 aromatic heterocycles. The Morgan fingerprint density at radius 2 is 1.32 bits per heavy atom. The summed E-state index contributed by atoms with van der Waals surface area (Å²) in [6.45, 7) is 5.13. The van der Waals surface area contributed by atoms with Gasteiger partial charge in [-0.2, -0.15) is 0 Å². The molecule has 0 spiro atoms. The van der Waals surface area contributed by atoms with Crippen LogP contribution in [0.5, 0.6) is 11.5 Å². The van der Waals surface area contributed by atoms with E-state index in [1.165, 1.54) is 56.9 Å². The lowest BCUT2D eigenvalue weighted by molar-refractivity contribution is 0.0695. The number of para-hydroxylation sites is 1. The van der Waals surface area contributed by atoms with E-state index < -0.39 is 5.97 Å². The van der Waals surface area contributed by atoms with Gasteiger partial charge in [0.1, 0.15) is 11.5 Å². The summed E-state index contributed by atoms with van der Waals surface area (Å²) in [5.74, 6) is 0.497. The van der Waals surface area contributed by atoms with Crippen LogP contribution in [0, 0.1) is 0 Å². The van der Waals surface area contributed by atoms with Gasteiger partial charge in [-0.05, 0) is 68.4 Å². The average Bonchev–Trinajstić information content (AvgIpc) is 2.99. The summed E-state index contributed by atoms with van der Waals surface area (Å²) in [5, 5.41) is 9.78. The molecule has 222 valence electrons. The van der Waals surface area contributed by atoms with Crippen LogP contribution in [-0.2, 0) is 6.42 Å². The second-order valence-electron chi connectivity index (χ2n) is 11.1. The van der Waals surface area contributed by atoms with Crippen molar-refractivity contribution in [1.29, 1.82) is 0 Å². The van der Waals surface area contributed by atoms with Crippen LogP contribution in [-0.4, -0.2) is 23.8 Å². The lowest BCUT2D eigenvalue weighted by atomic mass is 9.99. The van der Waals surface area contributed by atoms with Gasteiger partial charge in [0.2, 0.25) is 0 Å². The number of carboxylic acids is 1.